The van der Waals surface area contributed by atoms with Crippen LogP contribution in [0.4, 0.5) is 0 Å². The van der Waals surface area contributed by atoms with Crippen LogP contribution in [0.25, 0.3) is 0 Å². The first-order valence-electron chi connectivity index (χ1n) is 5.97. The summed E-state index contributed by atoms with van der Waals surface area (Å²) in [6.07, 6.45) is 4.70. The molecule has 2 rings (SSSR count). The number of Topliss-reactive ketones (excluding diaryl/α,β-unsaturated/α-hetero) is 1. The van der Waals surface area contributed by atoms with Crippen molar-refractivity contribution >= 4 is 11.8 Å². The quantitative estimate of drug-likeness (QED) is 0.589. The molecule has 2 bridgehead atoms. The lowest BCUT2D eigenvalue weighted by molar-refractivity contribution is -0.144. The first-order valence-corrected chi connectivity index (χ1v) is 5.97. The number of carboxylic acids is 1. The molecule has 0 saturated heterocycles. The molecule has 16 heavy (non-hydrogen) atoms. The lowest BCUT2D eigenvalue weighted by atomic mass is 9.87. The highest BCUT2D eigenvalue weighted by atomic mass is 16.4. The smallest absolute Gasteiger partial charge is 0.314 e. The van der Waals surface area contributed by atoms with Crippen molar-refractivity contribution in [3.63, 3.8) is 0 Å². The van der Waals surface area contributed by atoms with Gasteiger partial charge in [0.05, 0.1) is 0 Å². The molecule has 3 atom stereocenters. The van der Waals surface area contributed by atoms with Crippen molar-refractivity contribution in [1.29, 1.82) is 0 Å². The topological polar surface area (TPSA) is 54.4 Å². The second kappa shape index (κ2) is 4.04. The van der Waals surface area contributed by atoms with Crippen molar-refractivity contribution in [1.82, 2.24) is 0 Å². The molecule has 0 aromatic heterocycles. The van der Waals surface area contributed by atoms with Crippen LogP contribution in [0.2, 0.25) is 0 Å². The van der Waals surface area contributed by atoms with E-state index in [1.165, 1.54) is 31.8 Å². The predicted octanol–water partition coefficient (Wildman–Crippen LogP) is 2.41. The van der Waals surface area contributed by atoms with Crippen LogP contribution >= 0.6 is 0 Å². The number of ketones is 1. The summed E-state index contributed by atoms with van der Waals surface area (Å²) in [6, 6.07) is 0. The summed E-state index contributed by atoms with van der Waals surface area (Å²) in [6.45, 7) is 3.28. The number of carboxylic acid groups (broad SMARTS) is 1. The van der Waals surface area contributed by atoms with Crippen LogP contribution in [-0.2, 0) is 9.59 Å². The molecule has 2 aliphatic rings. The minimum atomic E-state index is -1.02. The average Bonchev–Trinajstić information content (AvgIpc) is 2.87. The van der Waals surface area contributed by atoms with Crippen molar-refractivity contribution in [2.75, 3.05) is 0 Å². The van der Waals surface area contributed by atoms with Gasteiger partial charge in [-0.1, -0.05) is 5.57 Å². The van der Waals surface area contributed by atoms with Crippen molar-refractivity contribution in [3.8, 4) is 0 Å². The van der Waals surface area contributed by atoms with E-state index in [0.717, 1.165) is 17.9 Å². The number of carbonyl (C=O) groups is 2. The molecule has 2 fully saturated rings. The first-order chi connectivity index (χ1) is 7.50. The van der Waals surface area contributed by atoms with Gasteiger partial charge in [-0.3, -0.25) is 9.59 Å². The van der Waals surface area contributed by atoms with Gasteiger partial charge in [-0.2, -0.15) is 0 Å². The highest BCUT2D eigenvalue weighted by Gasteiger charge is 2.38. The van der Waals surface area contributed by atoms with Gasteiger partial charge < -0.3 is 5.11 Å². The Morgan fingerprint density at radius 1 is 1.38 bits per heavy atom. The fraction of sp³-hybridized carbons (Fsp3) is 0.692. The number of hydrogen-bond donors (Lipinski definition) is 1. The van der Waals surface area contributed by atoms with Crippen molar-refractivity contribution < 1.29 is 14.7 Å². The number of hydrogen-bond acceptors (Lipinski definition) is 2. The minimum absolute atomic E-state index is 0.199. The van der Waals surface area contributed by atoms with Gasteiger partial charge in [0.15, 0.2) is 5.78 Å². The molecule has 0 heterocycles. The third-order valence-electron chi connectivity index (χ3n) is 4.16. The average molecular weight is 222 g/mol. The summed E-state index contributed by atoms with van der Waals surface area (Å²) in [5.74, 6) is -0.799. The Bertz CT molecular complexity index is 367. The molecule has 0 aliphatic heterocycles. The Labute approximate surface area is 95.5 Å². The summed E-state index contributed by atoms with van der Waals surface area (Å²) in [5.41, 5.74) is 1.97. The summed E-state index contributed by atoms with van der Waals surface area (Å²) < 4.78 is 0. The van der Waals surface area contributed by atoms with E-state index in [9.17, 15) is 9.59 Å². The number of allylic oxidation sites excluding steroid dienone is 2. The molecule has 2 aliphatic carbocycles. The SMILES string of the molecule is C/C(C(=O)C(C)C(=O)O)=C1/CC2CCC1C2. The first kappa shape index (κ1) is 11.4. The molecule has 3 nitrogen and oxygen atoms in total. The van der Waals surface area contributed by atoms with Gasteiger partial charge in [-0.15, -0.1) is 0 Å². The molecular weight excluding hydrogens is 204 g/mol. The Morgan fingerprint density at radius 3 is 2.50 bits per heavy atom. The van der Waals surface area contributed by atoms with Gasteiger partial charge in [0.25, 0.3) is 0 Å². The summed E-state index contributed by atoms with van der Waals surface area (Å²) in [7, 11) is 0. The van der Waals surface area contributed by atoms with E-state index in [2.05, 4.69) is 0 Å². The maximum atomic E-state index is 11.9. The van der Waals surface area contributed by atoms with Crippen LogP contribution in [0.3, 0.4) is 0 Å². The zero-order valence-electron chi connectivity index (χ0n) is 9.82. The number of aliphatic carboxylic acids is 1. The molecular formula is C13H18O3. The summed E-state index contributed by atoms with van der Waals surface area (Å²) in [4.78, 5) is 22.7. The largest absolute Gasteiger partial charge is 0.481 e. The fourth-order valence-corrected chi connectivity index (χ4v) is 3.11. The van der Waals surface area contributed by atoms with Crippen molar-refractivity contribution in [3.05, 3.63) is 11.1 Å². The molecule has 88 valence electrons. The maximum absolute atomic E-state index is 11.9. The molecule has 1 N–H and O–H groups in total. The number of rotatable bonds is 3. The van der Waals surface area contributed by atoms with E-state index in [-0.39, 0.29) is 5.78 Å². The van der Waals surface area contributed by atoms with Crippen molar-refractivity contribution in [2.24, 2.45) is 17.8 Å². The van der Waals surface area contributed by atoms with Crippen LogP contribution in [-0.4, -0.2) is 16.9 Å². The molecule has 3 unspecified atom stereocenters. The van der Waals surface area contributed by atoms with Gasteiger partial charge in [0.1, 0.15) is 5.92 Å². The van der Waals surface area contributed by atoms with E-state index in [1.807, 2.05) is 0 Å². The molecule has 0 spiro atoms. The normalized spacial score (nSPS) is 32.6. The monoisotopic (exact) mass is 222 g/mol. The van der Waals surface area contributed by atoms with Gasteiger partial charge >= 0.3 is 5.97 Å². The molecule has 0 radical (unpaired) electrons. The highest BCUT2D eigenvalue weighted by Crippen LogP contribution is 2.49. The Balaban J connectivity index is 2.18. The number of carbonyl (C=O) groups excluding carboxylic acids is 1. The van der Waals surface area contributed by atoms with Crippen LogP contribution in [0, 0.1) is 17.8 Å². The number of fused-ring (bicyclic) bond motifs is 2. The van der Waals surface area contributed by atoms with E-state index < -0.39 is 11.9 Å². The second-order valence-corrected chi connectivity index (χ2v) is 5.15. The van der Waals surface area contributed by atoms with Gasteiger partial charge in [0, 0.05) is 0 Å². The highest BCUT2D eigenvalue weighted by molar-refractivity contribution is 6.07. The lowest BCUT2D eigenvalue weighted by Crippen LogP contribution is -2.22. The predicted molar refractivity (Wildman–Crippen MR) is 60.0 cm³/mol. The zero-order chi connectivity index (χ0) is 11.9. The third kappa shape index (κ3) is 1.79. The van der Waals surface area contributed by atoms with Crippen LogP contribution in [0.5, 0.6) is 0 Å². The molecule has 0 aromatic rings. The maximum Gasteiger partial charge on any atom is 0.314 e. The standard InChI is InChI=1S/C13H18O3/c1-7(12(14)8(2)13(15)16)11-6-9-3-4-10(11)5-9/h8-10H,3-6H2,1-2H3,(H,15,16)/b11-7+. The van der Waals surface area contributed by atoms with Crippen molar-refractivity contribution in [2.45, 2.75) is 39.5 Å². The summed E-state index contributed by atoms with van der Waals surface area (Å²) in [5, 5.41) is 8.83. The van der Waals surface area contributed by atoms with Gasteiger partial charge in [-0.25, -0.2) is 0 Å². The zero-order valence-corrected chi connectivity index (χ0v) is 9.82. The van der Waals surface area contributed by atoms with E-state index >= 15 is 0 Å². The van der Waals surface area contributed by atoms with Gasteiger partial charge in [-0.05, 0) is 56.9 Å². The Hall–Kier alpha value is -1.12. The van der Waals surface area contributed by atoms with Gasteiger partial charge in [0.2, 0.25) is 0 Å². The molecule has 3 heteroatoms. The van der Waals surface area contributed by atoms with E-state index in [0.29, 0.717) is 5.92 Å². The lowest BCUT2D eigenvalue weighted by Gasteiger charge is -2.17. The Kier molecular flexibility index (Phi) is 2.87. The van der Waals surface area contributed by atoms with E-state index in [1.54, 1.807) is 6.92 Å². The Morgan fingerprint density at radius 2 is 2.06 bits per heavy atom. The molecule has 2 saturated carbocycles. The van der Waals surface area contributed by atoms with Crippen LogP contribution < -0.4 is 0 Å². The summed E-state index contributed by atoms with van der Waals surface area (Å²) >= 11 is 0. The molecule has 0 aromatic carbocycles. The minimum Gasteiger partial charge on any atom is -0.481 e. The fourth-order valence-electron chi connectivity index (χ4n) is 3.11. The molecule has 0 amide bonds. The van der Waals surface area contributed by atoms with Crippen LogP contribution in [0.1, 0.15) is 39.5 Å². The second-order valence-electron chi connectivity index (χ2n) is 5.15. The third-order valence-corrected chi connectivity index (χ3v) is 4.16. The van der Waals surface area contributed by atoms with E-state index in [4.69, 9.17) is 5.11 Å². The van der Waals surface area contributed by atoms with Crippen LogP contribution in [0.15, 0.2) is 11.1 Å².